The fourth-order valence-corrected chi connectivity index (χ4v) is 2.31. The van der Waals surface area contributed by atoms with Crippen LogP contribution in [0.1, 0.15) is 5.56 Å². The summed E-state index contributed by atoms with van der Waals surface area (Å²) in [4.78, 5) is 14.0. The summed E-state index contributed by atoms with van der Waals surface area (Å²) in [6.07, 6.45) is -4.55. The second-order valence-corrected chi connectivity index (χ2v) is 4.67. The third-order valence-corrected chi connectivity index (χ3v) is 3.25. The highest BCUT2D eigenvalue weighted by molar-refractivity contribution is 5.95. The molecule has 0 fully saturated rings. The first-order valence-corrected chi connectivity index (χ1v) is 6.25. The molecule has 106 valence electrons. The highest BCUT2D eigenvalue weighted by atomic mass is 19.4. The highest BCUT2D eigenvalue weighted by Gasteiger charge is 2.31. The molecule has 0 radical (unpaired) electrons. The quantitative estimate of drug-likeness (QED) is 0.715. The van der Waals surface area contributed by atoms with E-state index in [-0.39, 0.29) is 5.69 Å². The van der Waals surface area contributed by atoms with Gasteiger partial charge in [-0.3, -0.25) is 4.79 Å². The fourth-order valence-electron chi connectivity index (χ4n) is 2.31. The van der Waals surface area contributed by atoms with Gasteiger partial charge in [0.15, 0.2) is 0 Å². The number of nitrogens with one attached hydrogen (secondary N) is 1. The summed E-state index contributed by atoms with van der Waals surface area (Å²) >= 11 is 0. The summed E-state index contributed by atoms with van der Waals surface area (Å²) in [6, 6.07) is 14.2. The van der Waals surface area contributed by atoms with Gasteiger partial charge in [-0.1, -0.05) is 42.5 Å². The zero-order valence-electron chi connectivity index (χ0n) is 10.7. The van der Waals surface area contributed by atoms with Gasteiger partial charge in [0.1, 0.15) is 0 Å². The van der Waals surface area contributed by atoms with Crippen LogP contribution in [0.2, 0.25) is 0 Å². The number of aromatic amines is 1. The number of hydrogen-bond acceptors (Lipinski definition) is 1. The first kappa shape index (κ1) is 13.4. The van der Waals surface area contributed by atoms with E-state index in [2.05, 4.69) is 4.98 Å². The van der Waals surface area contributed by atoms with Crippen molar-refractivity contribution in [1.29, 1.82) is 0 Å². The largest absolute Gasteiger partial charge is 0.416 e. The monoisotopic (exact) mass is 289 g/mol. The van der Waals surface area contributed by atoms with E-state index in [9.17, 15) is 18.0 Å². The summed E-state index contributed by atoms with van der Waals surface area (Å²) in [7, 11) is 0. The lowest BCUT2D eigenvalue weighted by molar-refractivity contribution is -0.137. The van der Waals surface area contributed by atoms with E-state index in [1.54, 1.807) is 18.2 Å². The highest BCUT2D eigenvalue weighted by Crippen LogP contribution is 2.32. The number of benzene rings is 2. The smallest absolute Gasteiger partial charge is 0.322 e. The van der Waals surface area contributed by atoms with Crippen molar-refractivity contribution >= 4 is 10.8 Å². The van der Waals surface area contributed by atoms with Gasteiger partial charge in [0.2, 0.25) is 5.56 Å². The average Bonchev–Trinajstić information content (AvgIpc) is 2.45. The topological polar surface area (TPSA) is 32.9 Å². The van der Waals surface area contributed by atoms with Crippen molar-refractivity contribution in [3.63, 3.8) is 0 Å². The number of rotatable bonds is 1. The van der Waals surface area contributed by atoms with Gasteiger partial charge >= 0.3 is 6.18 Å². The molecule has 0 aliphatic rings. The van der Waals surface area contributed by atoms with Crippen molar-refractivity contribution in [3.8, 4) is 11.3 Å². The zero-order chi connectivity index (χ0) is 15.0. The second kappa shape index (κ2) is 4.77. The minimum atomic E-state index is -4.55. The maximum Gasteiger partial charge on any atom is 0.416 e. The van der Waals surface area contributed by atoms with Crippen LogP contribution in [0.4, 0.5) is 13.2 Å². The molecular weight excluding hydrogens is 279 g/mol. The van der Waals surface area contributed by atoms with Crippen LogP contribution in [0.5, 0.6) is 0 Å². The van der Waals surface area contributed by atoms with E-state index in [1.165, 1.54) is 0 Å². The molecule has 1 aromatic heterocycles. The Labute approximate surface area is 117 Å². The van der Waals surface area contributed by atoms with Crippen LogP contribution in [0.3, 0.4) is 0 Å². The number of aromatic nitrogens is 1. The van der Waals surface area contributed by atoms with Crippen LogP contribution in [0.15, 0.2) is 59.4 Å². The van der Waals surface area contributed by atoms with Crippen molar-refractivity contribution in [3.05, 3.63) is 70.5 Å². The number of alkyl halides is 3. The van der Waals surface area contributed by atoms with Crippen molar-refractivity contribution in [2.45, 2.75) is 6.18 Å². The second-order valence-electron chi connectivity index (χ2n) is 4.67. The van der Waals surface area contributed by atoms with E-state index in [0.29, 0.717) is 11.6 Å². The zero-order valence-corrected chi connectivity index (χ0v) is 10.7. The maximum atomic E-state index is 12.8. The Balaban J connectivity index is 2.29. The lowest BCUT2D eigenvalue weighted by atomic mass is 10.0. The van der Waals surface area contributed by atoms with E-state index < -0.39 is 17.3 Å². The summed E-state index contributed by atoms with van der Waals surface area (Å²) in [5.41, 5.74) is -0.995. The molecule has 3 rings (SSSR count). The van der Waals surface area contributed by atoms with Gasteiger partial charge in [-0.15, -0.1) is 0 Å². The van der Waals surface area contributed by atoms with E-state index in [1.807, 2.05) is 24.3 Å². The Morgan fingerprint density at radius 1 is 0.905 bits per heavy atom. The fraction of sp³-hybridized carbons (Fsp3) is 0.0625. The SMILES string of the molecule is O=c1cc(C(F)(F)F)cc(-c2cccc3ccccc23)[nH]1. The Bertz CT molecular complexity index is 860. The van der Waals surface area contributed by atoms with Gasteiger partial charge in [-0.2, -0.15) is 13.2 Å². The van der Waals surface area contributed by atoms with Gasteiger partial charge in [-0.05, 0) is 16.8 Å². The van der Waals surface area contributed by atoms with Crippen molar-refractivity contribution in [1.82, 2.24) is 4.98 Å². The van der Waals surface area contributed by atoms with Gasteiger partial charge in [0.25, 0.3) is 0 Å². The molecule has 0 bridgehead atoms. The third kappa shape index (κ3) is 2.54. The number of halogens is 3. The van der Waals surface area contributed by atoms with Crippen LogP contribution >= 0.6 is 0 Å². The number of hydrogen-bond donors (Lipinski definition) is 1. The summed E-state index contributed by atoms with van der Waals surface area (Å²) in [6.45, 7) is 0. The molecule has 0 amide bonds. The summed E-state index contributed by atoms with van der Waals surface area (Å²) in [5.74, 6) is 0. The number of pyridine rings is 1. The molecule has 0 saturated heterocycles. The lowest BCUT2D eigenvalue weighted by Crippen LogP contribution is -2.13. The Morgan fingerprint density at radius 2 is 1.62 bits per heavy atom. The standard InChI is InChI=1S/C16H10F3NO/c17-16(18,19)11-8-14(20-15(21)9-11)13-7-3-5-10-4-1-2-6-12(10)13/h1-9H,(H,20,21). The van der Waals surface area contributed by atoms with Crippen LogP contribution in [-0.4, -0.2) is 4.98 Å². The van der Waals surface area contributed by atoms with Crippen LogP contribution < -0.4 is 5.56 Å². The van der Waals surface area contributed by atoms with Crippen molar-refractivity contribution in [2.24, 2.45) is 0 Å². The first-order chi connectivity index (χ1) is 9.95. The van der Waals surface area contributed by atoms with Crippen molar-refractivity contribution < 1.29 is 13.2 Å². The van der Waals surface area contributed by atoms with Crippen molar-refractivity contribution in [2.75, 3.05) is 0 Å². The van der Waals surface area contributed by atoms with Crippen LogP contribution in [-0.2, 0) is 6.18 Å². The normalized spacial score (nSPS) is 11.8. The predicted octanol–water partition coefficient (Wildman–Crippen LogP) is 4.21. The molecule has 0 spiro atoms. The van der Waals surface area contributed by atoms with E-state index >= 15 is 0 Å². The van der Waals surface area contributed by atoms with Gasteiger partial charge in [-0.25, -0.2) is 0 Å². The van der Waals surface area contributed by atoms with Crippen LogP contribution in [0.25, 0.3) is 22.0 Å². The average molecular weight is 289 g/mol. The Hall–Kier alpha value is -2.56. The molecule has 1 N–H and O–H groups in total. The molecule has 0 atom stereocenters. The maximum absolute atomic E-state index is 12.8. The van der Waals surface area contributed by atoms with E-state index in [4.69, 9.17) is 0 Å². The molecule has 2 nitrogen and oxygen atoms in total. The number of H-pyrrole nitrogens is 1. The van der Waals surface area contributed by atoms with Gasteiger partial charge in [0, 0.05) is 17.3 Å². The third-order valence-electron chi connectivity index (χ3n) is 3.25. The number of fused-ring (bicyclic) bond motifs is 1. The molecular formula is C16H10F3NO. The molecule has 1 heterocycles. The predicted molar refractivity (Wildman–Crippen MR) is 75.0 cm³/mol. The Kier molecular flexibility index (Phi) is 3.05. The summed E-state index contributed by atoms with van der Waals surface area (Å²) < 4.78 is 38.5. The minimum absolute atomic E-state index is 0.159. The van der Waals surface area contributed by atoms with Gasteiger partial charge in [0.05, 0.1) is 5.56 Å². The Morgan fingerprint density at radius 3 is 2.38 bits per heavy atom. The molecule has 0 unspecified atom stereocenters. The molecule has 0 saturated carbocycles. The van der Waals surface area contributed by atoms with Crippen LogP contribution in [0, 0.1) is 0 Å². The molecule has 3 aromatic rings. The molecule has 0 aliphatic heterocycles. The van der Waals surface area contributed by atoms with E-state index in [0.717, 1.165) is 16.8 Å². The molecule has 0 aliphatic carbocycles. The minimum Gasteiger partial charge on any atom is -0.322 e. The first-order valence-electron chi connectivity index (χ1n) is 6.25. The summed E-state index contributed by atoms with van der Waals surface area (Å²) in [5, 5.41) is 1.68. The molecule has 21 heavy (non-hydrogen) atoms. The molecule has 5 heteroatoms. The lowest BCUT2D eigenvalue weighted by Gasteiger charge is -2.10. The molecule has 2 aromatic carbocycles. The van der Waals surface area contributed by atoms with Gasteiger partial charge < -0.3 is 4.98 Å².